The minimum Gasteiger partial charge on any atom is -0.494 e. The Labute approximate surface area is 147 Å². The molecular weight excluding hydrogens is 352 g/mol. The van der Waals surface area contributed by atoms with Gasteiger partial charge in [-0.2, -0.15) is 0 Å². The molecule has 0 aliphatic carbocycles. The molecule has 25 heavy (non-hydrogen) atoms. The number of carbonyl (C=O) groups excluding carboxylic acids is 2. The standard InChI is InChI=1S/C16H13ClN2O6/c1-24-14-8-10(19(22)23)6-7-13(14)18-15(20)9-25-16(21)11-4-2-3-5-12(11)17/h2-8H,9H2,1H3,(H,18,20). The average Bonchev–Trinajstić information content (AvgIpc) is 2.60. The van der Waals surface area contributed by atoms with E-state index in [0.29, 0.717) is 0 Å². The minimum atomic E-state index is -0.739. The van der Waals surface area contributed by atoms with Crippen LogP contribution in [0.4, 0.5) is 11.4 Å². The van der Waals surface area contributed by atoms with Crippen LogP contribution in [-0.2, 0) is 9.53 Å². The summed E-state index contributed by atoms with van der Waals surface area (Å²) in [5.74, 6) is -1.26. The highest BCUT2D eigenvalue weighted by molar-refractivity contribution is 6.33. The van der Waals surface area contributed by atoms with Gasteiger partial charge in [-0.3, -0.25) is 14.9 Å². The van der Waals surface area contributed by atoms with Crippen LogP contribution in [0.3, 0.4) is 0 Å². The van der Waals surface area contributed by atoms with E-state index in [1.807, 2.05) is 0 Å². The number of benzene rings is 2. The van der Waals surface area contributed by atoms with Gasteiger partial charge in [-0.15, -0.1) is 0 Å². The minimum absolute atomic E-state index is 0.111. The number of esters is 1. The Balaban J connectivity index is 2.00. The van der Waals surface area contributed by atoms with Crippen molar-refractivity contribution in [2.75, 3.05) is 19.0 Å². The molecule has 0 fully saturated rings. The highest BCUT2D eigenvalue weighted by atomic mass is 35.5. The Hall–Kier alpha value is -3.13. The molecule has 2 aromatic carbocycles. The Bertz CT molecular complexity index is 824. The number of non-ortho nitro benzene ring substituents is 1. The van der Waals surface area contributed by atoms with Gasteiger partial charge in [0.2, 0.25) is 0 Å². The summed E-state index contributed by atoms with van der Waals surface area (Å²) in [5.41, 5.74) is 0.178. The molecule has 0 saturated heterocycles. The number of anilines is 1. The van der Waals surface area contributed by atoms with Crippen LogP contribution in [-0.4, -0.2) is 30.5 Å². The van der Waals surface area contributed by atoms with Crippen LogP contribution in [0.1, 0.15) is 10.4 Å². The quantitative estimate of drug-likeness (QED) is 0.479. The van der Waals surface area contributed by atoms with Gasteiger partial charge in [0, 0.05) is 6.07 Å². The second-order valence-electron chi connectivity index (χ2n) is 4.75. The first-order chi connectivity index (χ1) is 11.9. The maximum Gasteiger partial charge on any atom is 0.340 e. The predicted molar refractivity (Wildman–Crippen MR) is 90.0 cm³/mol. The summed E-state index contributed by atoms with van der Waals surface area (Å²) in [6, 6.07) is 9.99. The number of rotatable bonds is 6. The van der Waals surface area contributed by atoms with Crippen LogP contribution in [0.5, 0.6) is 5.75 Å². The summed E-state index contributed by atoms with van der Waals surface area (Å²) in [7, 11) is 1.31. The van der Waals surface area contributed by atoms with Gasteiger partial charge >= 0.3 is 5.97 Å². The Morgan fingerprint density at radius 1 is 1.24 bits per heavy atom. The Morgan fingerprint density at radius 3 is 2.60 bits per heavy atom. The molecule has 0 aliphatic heterocycles. The monoisotopic (exact) mass is 364 g/mol. The molecular formula is C16H13ClN2O6. The third-order valence-corrected chi connectivity index (χ3v) is 3.43. The molecule has 0 atom stereocenters. The normalized spacial score (nSPS) is 10.0. The lowest BCUT2D eigenvalue weighted by molar-refractivity contribution is -0.384. The number of halogens is 1. The van der Waals surface area contributed by atoms with Crippen LogP contribution in [0.15, 0.2) is 42.5 Å². The topological polar surface area (TPSA) is 108 Å². The first-order valence-electron chi connectivity index (χ1n) is 6.96. The van der Waals surface area contributed by atoms with E-state index in [0.717, 1.165) is 0 Å². The number of ether oxygens (including phenoxy) is 2. The van der Waals surface area contributed by atoms with Gasteiger partial charge in [0.1, 0.15) is 5.75 Å². The fourth-order valence-corrected chi connectivity index (χ4v) is 2.13. The summed E-state index contributed by atoms with van der Waals surface area (Å²) in [4.78, 5) is 33.9. The molecule has 1 amide bonds. The largest absolute Gasteiger partial charge is 0.494 e. The zero-order valence-electron chi connectivity index (χ0n) is 13.0. The number of hydrogen-bond donors (Lipinski definition) is 1. The van der Waals surface area contributed by atoms with E-state index in [9.17, 15) is 19.7 Å². The van der Waals surface area contributed by atoms with E-state index in [1.54, 1.807) is 12.1 Å². The highest BCUT2D eigenvalue weighted by Crippen LogP contribution is 2.28. The molecule has 0 aliphatic rings. The van der Waals surface area contributed by atoms with Crippen molar-refractivity contribution in [1.29, 1.82) is 0 Å². The van der Waals surface area contributed by atoms with Gasteiger partial charge in [0.25, 0.3) is 11.6 Å². The first-order valence-corrected chi connectivity index (χ1v) is 7.34. The molecule has 2 aromatic rings. The number of nitrogens with zero attached hydrogens (tertiary/aromatic N) is 1. The predicted octanol–water partition coefficient (Wildman–Crippen LogP) is 3.05. The molecule has 0 saturated carbocycles. The molecule has 0 radical (unpaired) electrons. The maximum absolute atomic E-state index is 11.9. The number of hydrogen-bond acceptors (Lipinski definition) is 6. The summed E-state index contributed by atoms with van der Waals surface area (Å²) >= 11 is 5.87. The fourth-order valence-electron chi connectivity index (χ4n) is 1.92. The van der Waals surface area contributed by atoms with E-state index in [2.05, 4.69) is 5.32 Å². The summed E-state index contributed by atoms with van der Waals surface area (Å²) in [5, 5.41) is 13.4. The molecule has 1 N–H and O–H groups in total. The average molecular weight is 365 g/mol. The van der Waals surface area contributed by atoms with E-state index < -0.39 is 23.4 Å². The van der Waals surface area contributed by atoms with Crippen LogP contribution in [0, 0.1) is 10.1 Å². The first kappa shape index (κ1) is 18.2. The number of amides is 1. The lowest BCUT2D eigenvalue weighted by atomic mass is 10.2. The van der Waals surface area contributed by atoms with Crippen molar-refractivity contribution in [3.05, 3.63) is 63.2 Å². The summed E-state index contributed by atoms with van der Waals surface area (Å²) in [6.07, 6.45) is 0. The molecule has 8 nitrogen and oxygen atoms in total. The number of nitrogens with one attached hydrogen (secondary N) is 1. The lowest BCUT2D eigenvalue weighted by Crippen LogP contribution is -2.21. The molecule has 9 heteroatoms. The van der Waals surface area contributed by atoms with Gasteiger partial charge in [-0.1, -0.05) is 23.7 Å². The molecule has 0 heterocycles. The lowest BCUT2D eigenvalue weighted by Gasteiger charge is -2.10. The second kappa shape index (κ2) is 8.11. The summed E-state index contributed by atoms with van der Waals surface area (Å²) < 4.78 is 9.90. The number of methoxy groups -OCH3 is 1. The number of nitro benzene ring substituents is 1. The second-order valence-corrected chi connectivity index (χ2v) is 5.15. The Kier molecular flexibility index (Phi) is 5.91. The molecule has 130 valence electrons. The van der Waals surface area contributed by atoms with Crippen LogP contribution in [0.2, 0.25) is 5.02 Å². The smallest absolute Gasteiger partial charge is 0.340 e. The number of carbonyl (C=O) groups is 2. The molecule has 2 rings (SSSR count). The van der Waals surface area contributed by atoms with Crippen molar-refractivity contribution in [2.45, 2.75) is 0 Å². The van der Waals surface area contributed by atoms with Crippen molar-refractivity contribution in [3.8, 4) is 5.75 Å². The molecule has 0 aromatic heterocycles. The van der Waals surface area contributed by atoms with E-state index >= 15 is 0 Å². The SMILES string of the molecule is COc1cc([N+](=O)[O-])ccc1NC(=O)COC(=O)c1ccccc1Cl. The Morgan fingerprint density at radius 2 is 1.96 bits per heavy atom. The van der Waals surface area contributed by atoms with Crippen molar-refractivity contribution >= 4 is 34.9 Å². The molecule has 0 bridgehead atoms. The third-order valence-electron chi connectivity index (χ3n) is 3.10. The van der Waals surface area contributed by atoms with Crippen LogP contribution < -0.4 is 10.1 Å². The maximum atomic E-state index is 11.9. The van der Waals surface area contributed by atoms with Gasteiger partial charge < -0.3 is 14.8 Å². The molecule has 0 unspecified atom stereocenters. The van der Waals surface area contributed by atoms with Crippen molar-refractivity contribution in [1.82, 2.24) is 0 Å². The highest BCUT2D eigenvalue weighted by Gasteiger charge is 2.16. The van der Waals surface area contributed by atoms with Crippen LogP contribution in [0.25, 0.3) is 0 Å². The third kappa shape index (κ3) is 4.67. The number of nitro groups is 1. The van der Waals surface area contributed by atoms with Crippen molar-refractivity contribution < 1.29 is 24.0 Å². The van der Waals surface area contributed by atoms with E-state index in [-0.39, 0.29) is 27.7 Å². The van der Waals surface area contributed by atoms with Crippen molar-refractivity contribution in [2.24, 2.45) is 0 Å². The zero-order chi connectivity index (χ0) is 18.4. The van der Waals surface area contributed by atoms with Gasteiger partial charge in [0.15, 0.2) is 6.61 Å². The van der Waals surface area contributed by atoms with E-state index in [4.69, 9.17) is 21.1 Å². The van der Waals surface area contributed by atoms with Crippen LogP contribution >= 0.6 is 11.6 Å². The van der Waals surface area contributed by atoms with Gasteiger partial charge in [-0.25, -0.2) is 4.79 Å². The summed E-state index contributed by atoms with van der Waals surface area (Å²) in [6.45, 7) is -0.551. The van der Waals surface area contributed by atoms with E-state index in [1.165, 1.54) is 37.4 Å². The van der Waals surface area contributed by atoms with Gasteiger partial charge in [-0.05, 0) is 18.2 Å². The molecule has 0 spiro atoms. The zero-order valence-corrected chi connectivity index (χ0v) is 13.8. The fraction of sp³-hybridized carbons (Fsp3) is 0.125. The van der Waals surface area contributed by atoms with Gasteiger partial charge in [0.05, 0.1) is 34.4 Å². The van der Waals surface area contributed by atoms with Crippen molar-refractivity contribution in [3.63, 3.8) is 0 Å².